The largest absolute Gasteiger partial charge is 0.381 e. The number of methoxy groups -OCH3 is 1. The summed E-state index contributed by atoms with van der Waals surface area (Å²) in [7, 11) is 1.98. The Hall–Kier alpha value is -0.450. The number of fused-ring (bicyclic) bond motifs is 4. The average molecular weight is 459 g/mol. The smallest absolute Gasteiger partial charge is 0.164 e. The number of carbonyl (C=O) groups excluding carboxylic acids is 1. The van der Waals surface area contributed by atoms with Crippen molar-refractivity contribution in [3.63, 3.8) is 0 Å². The molecule has 0 amide bonds. The van der Waals surface area contributed by atoms with E-state index < -0.39 is 11.9 Å². The number of ether oxygens (including phenoxy) is 3. The summed E-state index contributed by atoms with van der Waals surface area (Å²) in [6, 6.07) is 0. The number of ketones is 1. The molecule has 12 atom stereocenters. The lowest BCUT2D eigenvalue weighted by atomic mass is 9.45. The Morgan fingerprint density at radius 3 is 2.42 bits per heavy atom. The highest BCUT2D eigenvalue weighted by Crippen LogP contribution is 2.82. The molecular formula is C29H46O4. The van der Waals surface area contributed by atoms with Crippen LogP contribution in [0.25, 0.3) is 0 Å². The molecule has 0 aromatic heterocycles. The molecule has 1 spiro atoms. The van der Waals surface area contributed by atoms with Crippen LogP contribution < -0.4 is 0 Å². The molecule has 1 aliphatic heterocycles. The standard InChI is InChI=1S/C29H46O4/c1-16(24-25(17(2)30)33-26(3,4)32-24)20-8-9-21-19-14-23(31-7)29-15-18(29)10-13-28(29,6)22(19)11-12-27(20,21)5/h16,18-25H,8-15H2,1-7H3/t16-,18+,19-,20+,21-,22-,23+,24+,25+,27+,28+,29-/m0/s1. The van der Waals surface area contributed by atoms with Crippen molar-refractivity contribution in [3.8, 4) is 0 Å². The summed E-state index contributed by atoms with van der Waals surface area (Å²) in [5.41, 5.74) is 1.31. The maximum atomic E-state index is 12.4. The summed E-state index contributed by atoms with van der Waals surface area (Å²) in [5, 5.41) is 0. The maximum Gasteiger partial charge on any atom is 0.164 e. The Morgan fingerprint density at radius 2 is 1.76 bits per heavy atom. The number of hydrogen-bond donors (Lipinski definition) is 0. The van der Waals surface area contributed by atoms with Gasteiger partial charge in [0.25, 0.3) is 0 Å². The van der Waals surface area contributed by atoms with Crippen molar-refractivity contribution in [2.45, 2.75) is 117 Å². The van der Waals surface area contributed by atoms with Crippen LogP contribution in [0.15, 0.2) is 0 Å². The second kappa shape index (κ2) is 7.07. The number of hydrogen-bond acceptors (Lipinski definition) is 4. The molecule has 5 saturated carbocycles. The van der Waals surface area contributed by atoms with Gasteiger partial charge in [0.1, 0.15) is 6.10 Å². The summed E-state index contributed by atoms with van der Waals surface area (Å²) in [6.07, 6.45) is 10.8. The second-order valence-electron chi connectivity index (χ2n) is 14.0. The molecule has 4 nitrogen and oxygen atoms in total. The van der Waals surface area contributed by atoms with E-state index in [4.69, 9.17) is 14.2 Å². The fourth-order valence-corrected chi connectivity index (χ4v) is 11.2. The maximum absolute atomic E-state index is 12.4. The minimum atomic E-state index is -0.674. The third kappa shape index (κ3) is 2.84. The van der Waals surface area contributed by atoms with Gasteiger partial charge in [-0.1, -0.05) is 20.8 Å². The van der Waals surface area contributed by atoms with Gasteiger partial charge in [-0.15, -0.1) is 0 Å². The zero-order valence-corrected chi connectivity index (χ0v) is 22.0. The molecule has 4 heteroatoms. The molecule has 0 N–H and O–H groups in total. The van der Waals surface area contributed by atoms with Crippen molar-refractivity contribution in [2.24, 2.45) is 51.8 Å². The fraction of sp³-hybridized carbons (Fsp3) is 0.966. The van der Waals surface area contributed by atoms with Gasteiger partial charge in [-0.2, -0.15) is 0 Å². The lowest BCUT2D eigenvalue weighted by molar-refractivity contribution is -0.168. The molecule has 0 radical (unpaired) electrons. The average Bonchev–Trinajstić information content (AvgIpc) is 3.05. The van der Waals surface area contributed by atoms with Crippen LogP contribution in [0.4, 0.5) is 0 Å². The number of carbonyl (C=O) groups is 1. The monoisotopic (exact) mass is 458 g/mol. The van der Waals surface area contributed by atoms with Crippen LogP contribution in [0.3, 0.4) is 0 Å². The number of Topliss-reactive ketones (excluding diaryl/α,β-unsaturated/α-hetero) is 1. The van der Waals surface area contributed by atoms with Crippen molar-refractivity contribution in [2.75, 3.05) is 7.11 Å². The molecule has 33 heavy (non-hydrogen) atoms. The van der Waals surface area contributed by atoms with Gasteiger partial charge < -0.3 is 14.2 Å². The summed E-state index contributed by atoms with van der Waals surface area (Å²) >= 11 is 0. The predicted octanol–water partition coefficient (Wildman–Crippen LogP) is 6.02. The summed E-state index contributed by atoms with van der Waals surface area (Å²) in [6.45, 7) is 13.2. The van der Waals surface area contributed by atoms with Gasteiger partial charge >= 0.3 is 0 Å². The number of rotatable bonds is 4. The van der Waals surface area contributed by atoms with Crippen LogP contribution in [-0.2, 0) is 19.0 Å². The van der Waals surface area contributed by atoms with E-state index in [0.717, 1.165) is 23.7 Å². The Kier molecular flexibility index (Phi) is 4.92. The first-order valence-electron chi connectivity index (χ1n) is 13.9. The molecule has 0 unspecified atom stereocenters. The van der Waals surface area contributed by atoms with Crippen LogP contribution in [-0.4, -0.2) is 37.0 Å². The first-order chi connectivity index (χ1) is 15.5. The van der Waals surface area contributed by atoms with Crippen molar-refractivity contribution in [1.82, 2.24) is 0 Å². The normalized spacial score (nSPS) is 57.1. The van der Waals surface area contributed by atoms with Crippen molar-refractivity contribution < 1.29 is 19.0 Å². The summed E-state index contributed by atoms with van der Waals surface area (Å²) < 4.78 is 18.8. The van der Waals surface area contributed by atoms with E-state index in [0.29, 0.717) is 34.2 Å². The van der Waals surface area contributed by atoms with Crippen LogP contribution in [0.1, 0.15) is 92.9 Å². The molecule has 186 valence electrons. The first-order valence-corrected chi connectivity index (χ1v) is 13.9. The lowest BCUT2D eigenvalue weighted by Gasteiger charge is -2.61. The molecule has 0 aromatic rings. The van der Waals surface area contributed by atoms with Crippen molar-refractivity contribution >= 4 is 5.78 Å². The van der Waals surface area contributed by atoms with Gasteiger partial charge in [0, 0.05) is 12.5 Å². The third-order valence-corrected chi connectivity index (χ3v) is 12.6. The van der Waals surface area contributed by atoms with E-state index in [9.17, 15) is 4.79 Å². The van der Waals surface area contributed by atoms with Gasteiger partial charge in [-0.05, 0) is 118 Å². The molecule has 1 heterocycles. The first kappa shape index (κ1) is 23.0. The second-order valence-corrected chi connectivity index (χ2v) is 14.0. The Morgan fingerprint density at radius 1 is 1.00 bits per heavy atom. The van der Waals surface area contributed by atoms with E-state index in [1.807, 2.05) is 21.0 Å². The lowest BCUT2D eigenvalue weighted by Crippen LogP contribution is -2.57. The SMILES string of the molecule is CO[C@@H]1C[C@H]2[C@@H]3CC[C@H]([C@H](C)[C@H]4OC(C)(C)O[C@@H]4C(C)=O)[C@@]3(C)CC[C@@H]2[C@@]2(C)CC[C@@H]3C[C@]312. The Bertz CT molecular complexity index is 837. The molecule has 0 aromatic carbocycles. The van der Waals surface area contributed by atoms with Crippen LogP contribution in [0, 0.1) is 51.8 Å². The van der Waals surface area contributed by atoms with E-state index in [2.05, 4.69) is 20.8 Å². The highest BCUT2D eigenvalue weighted by molar-refractivity contribution is 5.81. The van der Waals surface area contributed by atoms with Gasteiger partial charge in [-0.25, -0.2) is 0 Å². The molecular weight excluding hydrogens is 412 g/mol. The van der Waals surface area contributed by atoms with Crippen LogP contribution in [0.2, 0.25) is 0 Å². The van der Waals surface area contributed by atoms with E-state index in [1.54, 1.807) is 6.92 Å². The molecule has 6 aliphatic rings. The highest BCUT2D eigenvalue weighted by Gasteiger charge is 2.77. The molecule has 0 bridgehead atoms. The van der Waals surface area contributed by atoms with Gasteiger partial charge in [0.15, 0.2) is 11.6 Å². The summed E-state index contributed by atoms with van der Waals surface area (Å²) in [5.74, 6) is 3.73. The topological polar surface area (TPSA) is 44.8 Å². The zero-order valence-electron chi connectivity index (χ0n) is 22.0. The fourth-order valence-electron chi connectivity index (χ4n) is 11.2. The van der Waals surface area contributed by atoms with E-state index >= 15 is 0 Å². The zero-order chi connectivity index (χ0) is 23.6. The molecule has 6 rings (SSSR count). The van der Waals surface area contributed by atoms with Gasteiger partial charge in [-0.3, -0.25) is 4.79 Å². The third-order valence-electron chi connectivity index (χ3n) is 12.6. The van der Waals surface area contributed by atoms with Gasteiger partial charge in [0.05, 0.1) is 12.2 Å². The Labute approximate surface area is 200 Å². The molecule has 6 fully saturated rings. The van der Waals surface area contributed by atoms with Crippen LogP contribution in [0.5, 0.6) is 0 Å². The Balaban J connectivity index is 1.28. The van der Waals surface area contributed by atoms with Gasteiger partial charge in [0.2, 0.25) is 0 Å². The van der Waals surface area contributed by atoms with E-state index in [1.165, 1.54) is 51.4 Å². The quantitative estimate of drug-likeness (QED) is 0.517. The molecule has 1 saturated heterocycles. The van der Waals surface area contributed by atoms with E-state index in [-0.39, 0.29) is 11.9 Å². The predicted molar refractivity (Wildman–Crippen MR) is 128 cm³/mol. The minimum absolute atomic E-state index is 0.106. The van der Waals surface area contributed by atoms with Crippen LogP contribution >= 0.6 is 0 Å². The molecule has 5 aliphatic carbocycles. The van der Waals surface area contributed by atoms with Crippen molar-refractivity contribution in [1.29, 1.82) is 0 Å². The minimum Gasteiger partial charge on any atom is -0.381 e. The summed E-state index contributed by atoms with van der Waals surface area (Å²) in [4.78, 5) is 12.4. The highest BCUT2D eigenvalue weighted by atomic mass is 16.8. The van der Waals surface area contributed by atoms with Crippen molar-refractivity contribution in [3.05, 3.63) is 0 Å².